The zero-order valence-electron chi connectivity index (χ0n) is 23.7. The number of hydrogen-bond acceptors (Lipinski definition) is 6. The van der Waals surface area contributed by atoms with E-state index in [1.54, 1.807) is 7.11 Å². The van der Waals surface area contributed by atoms with Crippen LogP contribution in [0.3, 0.4) is 0 Å². The second kappa shape index (κ2) is 15.6. The molecule has 7 heteroatoms. The van der Waals surface area contributed by atoms with E-state index in [2.05, 4.69) is 0 Å². The molecule has 0 spiro atoms. The first-order valence-electron chi connectivity index (χ1n) is 14.2. The smallest absolute Gasteiger partial charge is 0.228 e. The molecule has 0 aromatic heterocycles. The van der Waals surface area contributed by atoms with Crippen molar-refractivity contribution in [1.29, 1.82) is 0 Å². The number of halogens is 1. The van der Waals surface area contributed by atoms with Crippen LogP contribution in [0.25, 0.3) is 0 Å². The van der Waals surface area contributed by atoms with Crippen LogP contribution in [0.2, 0.25) is 0 Å². The molecule has 1 unspecified atom stereocenters. The zero-order chi connectivity index (χ0) is 29.0. The second-order valence-electron chi connectivity index (χ2n) is 10.2. The minimum atomic E-state index is -1.74. The van der Waals surface area contributed by atoms with Gasteiger partial charge in [0.2, 0.25) is 6.36 Å². The van der Waals surface area contributed by atoms with Crippen LogP contribution in [0.4, 0.5) is 4.39 Å². The molecule has 0 radical (unpaired) electrons. The van der Waals surface area contributed by atoms with Crippen molar-refractivity contribution in [2.24, 2.45) is 0 Å². The van der Waals surface area contributed by atoms with Crippen molar-refractivity contribution in [3.63, 3.8) is 0 Å². The maximum atomic E-state index is 15.8. The Morgan fingerprint density at radius 1 is 0.548 bits per heavy atom. The summed E-state index contributed by atoms with van der Waals surface area (Å²) in [5, 5.41) is 0. The lowest BCUT2D eigenvalue weighted by Gasteiger charge is -2.43. The Morgan fingerprint density at radius 2 is 1.00 bits per heavy atom. The molecule has 0 amide bonds. The van der Waals surface area contributed by atoms with Gasteiger partial charge in [-0.05, 0) is 34.4 Å². The summed E-state index contributed by atoms with van der Waals surface area (Å²) in [5.41, 5.74) is 3.84. The van der Waals surface area contributed by atoms with Gasteiger partial charge in [-0.15, -0.1) is 0 Å². The van der Waals surface area contributed by atoms with E-state index >= 15 is 4.39 Å². The minimum Gasteiger partial charge on any atom is -0.497 e. The standard InChI is InChI=1S/C35H37FO6/c1-37-30-19-17-29(18-20-30)24-40-33-32(39-22-27-13-7-3-8-14-27)31(25-38-21-26-11-5-2-6-12-26)42-35(36)34(33)41-23-28-15-9-4-10-16-28/h2-20,31-35H,21-25H2,1H3/t31-,32+,33+,34-,35?/m1/s1. The lowest BCUT2D eigenvalue weighted by molar-refractivity contribution is -0.298. The van der Waals surface area contributed by atoms with Crippen molar-refractivity contribution in [3.05, 3.63) is 138 Å². The molecule has 220 valence electrons. The summed E-state index contributed by atoms with van der Waals surface area (Å²) in [5.74, 6) is 0.748. The number of hydrogen-bond donors (Lipinski definition) is 0. The van der Waals surface area contributed by atoms with Crippen molar-refractivity contribution in [2.45, 2.75) is 57.2 Å². The van der Waals surface area contributed by atoms with Crippen LogP contribution >= 0.6 is 0 Å². The lowest BCUT2D eigenvalue weighted by Crippen LogP contribution is -2.60. The third-order valence-corrected chi connectivity index (χ3v) is 7.14. The van der Waals surface area contributed by atoms with Gasteiger partial charge in [0, 0.05) is 0 Å². The molecule has 0 bridgehead atoms. The maximum absolute atomic E-state index is 15.8. The maximum Gasteiger partial charge on any atom is 0.228 e. The van der Waals surface area contributed by atoms with Crippen LogP contribution in [-0.2, 0) is 50.1 Å². The summed E-state index contributed by atoms with van der Waals surface area (Å²) in [6.45, 7) is 1.24. The molecule has 1 aliphatic rings. The molecule has 4 aromatic rings. The number of ether oxygens (including phenoxy) is 6. The Balaban J connectivity index is 1.36. The van der Waals surface area contributed by atoms with Crippen LogP contribution in [0.1, 0.15) is 22.3 Å². The van der Waals surface area contributed by atoms with E-state index in [-0.39, 0.29) is 19.8 Å². The zero-order valence-corrected chi connectivity index (χ0v) is 23.7. The molecule has 1 aliphatic heterocycles. The van der Waals surface area contributed by atoms with Gasteiger partial charge in [0.15, 0.2) is 0 Å². The fourth-order valence-electron chi connectivity index (χ4n) is 4.88. The van der Waals surface area contributed by atoms with Gasteiger partial charge in [-0.3, -0.25) is 0 Å². The normalized spacial score (nSPS) is 22.1. The van der Waals surface area contributed by atoms with E-state index in [4.69, 9.17) is 28.4 Å². The molecule has 5 atom stereocenters. The molecule has 0 saturated carbocycles. The van der Waals surface area contributed by atoms with Crippen molar-refractivity contribution >= 4 is 0 Å². The van der Waals surface area contributed by atoms with Crippen LogP contribution in [0.15, 0.2) is 115 Å². The summed E-state index contributed by atoms with van der Waals surface area (Å²) in [7, 11) is 1.62. The van der Waals surface area contributed by atoms with E-state index < -0.39 is 30.8 Å². The van der Waals surface area contributed by atoms with Crippen LogP contribution in [0, 0.1) is 0 Å². The summed E-state index contributed by atoms with van der Waals surface area (Å²) in [4.78, 5) is 0. The first-order chi connectivity index (χ1) is 20.7. The molecule has 1 heterocycles. The van der Waals surface area contributed by atoms with Gasteiger partial charge in [-0.25, -0.2) is 4.39 Å². The largest absolute Gasteiger partial charge is 0.497 e. The predicted molar refractivity (Wildman–Crippen MR) is 157 cm³/mol. The molecule has 0 aliphatic carbocycles. The molecule has 4 aromatic carbocycles. The highest BCUT2D eigenvalue weighted by atomic mass is 19.1. The first kappa shape index (κ1) is 29.9. The molecule has 6 nitrogen and oxygen atoms in total. The van der Waals surface area contributed by atoms with Gasteiger partial charge in [0.25, 0.3) is 0 Å². The first-order valence-corrected chi connectivity index (χ1v) is 14.2. The van der Waals surface area contributed by atoms with Gasteiger partial charge in [0.05, 0.1) is 40.1 Å². The number of rotatable bonds is 14. The van der Waals surface area contributed by atoms with E-state index in [1.807, 2.05) is 115 Å². The molecule has 5 rings (SSSR count). The van der Waals surface area contributed by atoms with Gasteiger partial charge < -0.3 is 28.4 Å². The highest BCUT2D eigenvalue weighted by molar-refractivity contribution is 5.26. The molecule has 0 N–H and O–H groups in total. The van der Waals surface area contributed by atoms with Crippen molar-refractivity contribution in [2.75, 3.05) is 13.7 Å². The van der Waals surface area contributed by atoms with Crippen molar-refractivity contribution in [1.82, 2.24) is 0 Å². The average Bonchev–Trinajstić information content (AvgIpc) is 3.04. The van der Waals surface area contributed by atoms with Gasteiger partial charge in [-0.2, -0.15) is 0 Å². The Labute approximate surface area is 246 Å². The third-order valence-electron chi connectivity index (χ3n) is 7.14. The Hall–Kier alpha value is -3.59. The van der Waals surface area contributed by atoms with Crippen molar-refractivity contribution < 1.29 is 32.8 Å². The predicted octanol–water partition coefficient (Wildman–Crippen LogP) is 6.66. The fraction of sp³-hybridized carbons (Fsp3) is 0.314. The Kier molecular flexibility index (Phi) is 11.1. The average molecular weight is 573 g/mol. The number of benzene rings is 4. The van der Waals surface area contributed by atoms with Crippen molar-refractivity contribution in [3.8, 4) is 5.75 Å². The fourth-order valence-corrected chi connectivity index (χ4v) is 4.88. The monoisotopic (exact) mass is 572 g/mol. The SMILES string of the molecule is COc1ccc(CO[C@H]2[C@@H](OCc3ccccc3)[C@@H](COCc3ccccc3)OC(F)[C@@H]2OCc2ccccc2)cc1. The quantitative estimate of drug-likeness (QED) is 0.168. The molecular formula is C35H37FO6. The van der Waals surface area contributed by atoms with Crippen LogP contribution in [-0.4, -0.2) is 44.5 Å². The Bertz CT molecular complexity index is 1310. The topological polar surface area (TPSA) is 55.4 Å². The van der Waals surface area contributed by atoms with Gasteiger partial charge in [0.1, 0.15) is 30.2 Å². The minimum absolute atomic E-state index is 0.128. The molecule has 1 fully saturated rings. The van der Waals surface area contributed by atoms with Gasteiger partial charge in [-0.1, -0.05) is 103 Å². The van der Waals surface area contributed by atoms with E-state index in [1.165, 1.54) is 0 Å². The third kappa shape index (κ3) is 8.47. The highest BCUT2D eigenvalue weighted by Crippen LogP contribution is 2.31. The van der Waals surface area contributed by atoms with E-state index in [9.17, 15) is 0 Å². The molecular weight excluding hydrogens is 535 g/mol. The van der Waals surface area contributed by atoms with E-state index in [0.717, 1.165) is 28.0 Å². The number of methoxy groups -OCH3 is 1. The van der Waals surface area contributed by atoms with E-state index in [0.29, 0.717) is 13.2 Å². The second-order valence-corrected chi connectivity index (χ2v) is 10.2. The summed E-state index contributed by atoms with van der Waals surface area (Å²) >= 11 is 0. The van der Waals surface area contributed by atoms with Crippen LogP contribution < -0.4 is 4.74 Å². The highest BCUT2D eigenvalue weighted by Gasteiger charge is 2.48. The summed E-state index contributed by atoms with van der Waals surface area (Å²) in [6, 6.07) is 36.9. The number of alkyl halides is 1. The van der Waals surface area contributed by atoms with Crippen LogP contribution in [0.5, 0.6) is 5.75 Å². The summed E-state index contributed by atoms with van der Waals surface area (Å²) < 4.78 is 52.1. The molecule has 1 saturated heterocycles. The molecule has 42 heavy (non-hydrogen) atoms. The lowest BCUT2D eigenvalue weighted by atomic mass is 9.98. The van der Waals surface area contributed by atoms with Gasteiger partial charge >= 0.3 is 0 Å². The Morgan fingerprint density at radius 3 is 1.52 bits per heavy atom. The summed E-state index contributed by atoms with van der Waals surface area (Å²) in [6.07, 6.45) is -4.91.